The van der Waals surface area contributed by atoms with E-state index < -0.39 is 0 Å². The van der Waals surface area contributed by atoms with Crippen LogP contribution in [0.1, 0.15) is 10.4 Å². The number of rotatable bonds is 0. The SMILES string of the molecule is O=C1c2ccccc2-c2nccn21. The van der Waals surface area contributed by atoms with Gasteiger partial charge in [-0.1, -0.05) is 18.2 Å². The zero-order valence-electron chi connectivity index (χ0n) is 6.77. The first kappa shape index (κ1) is 6.60. The Kier molecular flexibility index (Phi) is 1.05. The summed E-state index contributed by atoms with van der Waals surface area (Å²) in [6, 6.07) is 7.52. The van der Waals surface area contributed by atoms with Crippen molar-refractivity contribution in [2.75, 3.05) is 0 Å². The molecule has 0 spiro atoms. The van der Waals surface area contributed by atoms with E-state index in [1.807, 2.05) is 24.3 Å². The molecule has 1 aromatic heterocycles. The smallest absolute Gasteiger partial charge is 0.264 e. The van der Waals surface area contributed by atoms with Crippen molar-refractivity contribution < 1.29 is 4.79 Å². The second kappa shape index (κ2) is 2.07. The van der Waals surface area contributed by atoms with Crippen LogP contribution >= 0.6 is 0 Å². The summed E-state index contributed by atoms with van der Waals surface area (Å²) in [5, 5.41) is 0. The van der Waals surface area contributed by atoms with E-state index in [0.717, 1.165) is 17.0 Å². The average Bonchev–Trinajstić information content (AvgIpc) is 2.72. The molecule has 62 valence electrons. The monoisotopic (exact) mass is 170 g/mol. The van der Waals surface area contributed by atoms with Crippen LogP contribution < -0.4 is 0 Å². The Hall–Kier alpha value is -1.90. The minimum absolute atomic E-state index is 0.0168. The zero-order valence-corrected chi connectivity index (χ0v) is 6.77. The standard InChI is InChI=1S/C10H6N2O/c13-10-8-4-2-1-3-7(8)9-11-5-6-12(9)10/h1-6H. The van der Waals surface area contributed by atoms with Gasteiger partial charge in [0.1, 0.15) is 5.82 Å². The Balaban J connectivity index is 2.43. The molecule has 0 amide bonds. The molecule has 0 saturated carbocycles. The number of imidazole rings is 1. The topological polar surface area (TPSA) is 34.9 Å². The quantitative estimate of drug-likeness (QED) is 0.513. The van der Waals surface area contributed by atoms with E-state index >= 15 is 0 Å². The number of hydrogen-bond donors (Lipinski definition) is 0. The van der Waals surface area contributed by atoms with E-state index in [2.05, 4.69) is 4.98 Å². The summed E-state index contributed by atoms with van der Waals surface area (Å²) >= 11 is 0. The molecule has 0 N–H and O–H groups in total. The Morgan fingerprint density at radius 2 is 1.92 bits per heavy atom. The summed E-state index contributed by atoms with van der Waals surface area (Å²) in [5.41, 5.74) is 1.67. The molecule has 0 atom stereocenters. The first-order chi connectivity index (χ1) is 6.38. The lowest BCUT2D eigenvalue weighted by atomic mass is 10.1. The van der Waals surface area contributed by atoms with E-state index in [9.17, 15) is 4.79 Å². The zero-order chi connectivity index (χ0) is 8.84. The normalized spacial score (nSPS) is 12.8. The maximum atomic E-state index is 11.7. The van der Waals surface area contributed by atoms with Crippen LogP contribution in [0, 0.1) is 0 Å². The highest BCUT2D eigenvalue weighted by atomic mass is 16.2. The molecular weight excluding hydrogens is 164 g/mol. The summed E-state index contributed by atoms with van der Waals surface area (Å²) < 4.78 is 1.57. The Morgan fingerprint density at radius 3 is 2.77 bits per heavy atom. The van der Waals surface area contributed by atoms with Gasteiger partial charge in [0.25, 0.3) is 5.91 Å². The van der Waals surface area contributed by atoms with Crippen LogP contribution in [-0.4, -0.2) is 15.5 Å². The molecule has 0 unspecified atom stereocenters. The van der Waals surface area contributed by atoms with E-state index in [1.165, 1.54) is 0 Å². The van der Waals surface area contributed by atoms with E-state index in [-0.39, 0.29) is 5.91 Å². The van der Waals surface area contributed by atoms with Gasteiger partial charge in [-0.05, 0) is 6.07 Å². The van der Waals surface area contributed by atoms with Gasteiger partial charge in [-0.25, -0.2) is 4.98 Å². The van der Waals surface area contributed by atoms with E-state index in [1.54, 1.807) is 17.0 Å². The molecule has 0 bridgehead atoms. The number of fused-ring (bicyclic) bond motifs is 3. The van der Waals surface area contributed by atoms with Crippen molar-refractivity contribution >= 4 is 5.91 Å². The molecule has 0 aliphatic carbocycles. The third-order valence-electron chi connectivity index (χ3n) is 2.26. The molecule has 0 fully saturated rings. The van der Waals surface area contributed by atoms with Gasteiger partial charge in [0, 0.05) is 18.0 Å². The van der Waals surface area contributed by atoms with Gasteiger partial charge < -0.3 is 0 Å². The van der Waals surface area contributed by atoms with Crippen molar-refractivity contribution in [1.29, 1.82) is 0 Å². The first-order valence-electron chi connectivity index (χ1n) is 4.05. The van der Waals surface area contributed by atoms with Crippen LogP contribution in [0.5, 0.6) is 0 Å². The third kappa shape index (κ3) is 0.685. The number of aromatic nitrogens is 2. The number of nitrogens with zero attached hydrogens (tertiary/aromatic N) is 2. The van der Waals surface area contributed by atoms with Gasteiger partial charge in [0.2, 0.25) is 0 Å². The predicted octanol–water partition coefficient (Wildman–Crippen LogP) is 1.55. The molecule has 0 saturated heterocycles. The van der Waals surface area contributed by atoms with Gasteiger partial charge in [-0.3, -0.25) is 9.36 Å². The minimum atomic E-state index is 0.0168. The molecule has 3 rings (SSSR count). The molecule has 13 heavy (non-hydrogen) atoms. The van der Waals surface area contributed by atoms with Crippen molar-refractivity contribution in [1.82, 2.24) is 9.55 Å². The summed E-state index contributed by atoms with van der Waals surface area (Å²) in [5.74, 6) is 0.767. The number of carbonyl (C=O) groups is 1. The maximum absolute atomic E-state index is 11.7. The number of hydrogen-bond acceptors (Lipinski definition) is 2. The van der Waals surface area contributed by atoms with Crippen molar-refractivity contribution in [2.45, 2.75) is 0 Å². The fourth-order valence-electron chi connectivity index (χ4n) is 1.66. The molecule has 3 nitrogen and oxygen atoms in total. The molecule has 3 heteroatoms. The molecular formula is C10H6N2O. The van der Waals surface area contributed by atoms with Gasteiger partial charge in [-0.15, -0.1) is 0 Å². The lowest BCUT2D eigenvalue weighted by Crippen LogP contribution is -2.03. The van der Waals surface area contributed by atoms with Gasteiger partial charge >= 0.3 is 0 Å². The summed E-state index contributed by atoms with van der Waals surface area (Å²) in [6.07, 6.45) is 3.33. The fraction of sp³-hybridized carbons (Fsp3) is 0. The Bertz CT molecular complexity index is 499. The maximum Gasteiger partial charge on any atom is 0.264 e. The second-order valence-corrected chi connectivity index (χ2v) is 2.97. The Labute approximate surface area is 74.6 Å². The van der Waals surface area contributed by atoms with Crippen molar-refractivity contribution in [3.05, 3.63) is 42.2 Å². The highest BCUT2D eigenvalue weighted by Gasteiger charge is 2.25. The highest BCUT2D eigenvalue weighted by molar-refractivity contribution is 6.07. The predicted molar refractivity (Wildman–Crippen MR) is 47.4 cm³/mol. The van der Waals surface area contributed by atoms with Gasteiger partial charge in [0.15, 0.2) is 0 Å². The number of carbonyl (C=O) groups excluding carboxylic acids is 1. The molecule has 1 aromatic carbocycles. The Morgan fingerprint density at radius 1 is 1.15 bits per heavy atom. The number of benzene rings is 1. The molecule has 2 heterocycles. The van der Waals surface area contributed by atoms with Crippen LogP contribution in [0.2, 0.25) is 0 Å². The highest BCUT2D eigenvalue weighted by Crippen LogP contribution is 2.29. The summed E-state index contributed by atoms with van der Waals surface area (Å²) in [6.45, 7) is 0. The van der Waals surface area contributed by atoms with E-state index in [0.29, 0.717) is 0 Å². The van der Waals surface area contributed by atoms with Crippen LogP contribution in [0.3, 0.4) is 0 Å². The van der Waals surface area contributed by atoms with Crippen LogP contribution in [0.15, 0.2) is 36.7 Å². The van der Waals surface area contributed by atoms with Crippen molar-refractivity contribution in [2.24, 2.45) is 0 Å². The summed E-state index contributed by atoms with van der Waals surface area (Å²) in [7, 11) is 0. The minimum Gasteiger partial charge on any atom is -0.268 e. The fourth-order valence-corrected chi connectivity index (χ4v) is 1.66. The van der Waals surface area contributed by atoms with Gasteiger partial charge in [-0.2, -0.15) is 0 Å². The lowest BCUT2D eigenvalue weighted by Gasteiger charge is -1.92. The van der Waals surface area contributed by atoms with Gasteiger partial charge in [0.05, 0.1) is 5.56 Å². The van der Waals surface area contributed by atoms with Crippen LogP contribution in [-0.2, 0) is 0 Å². The van der Waals surface area contributed by atoms with Crippen LogP contribution in [0.25, 0.3) is 11.4 Å². The average molecular weight is 170 g/mol. The summed E-state index contributed by atoms with van der Waals surface area (Å²) in [4.78, 5) is 15.8. The molecule has 1 aliphatic heterocycles. The molecule has 2 aromatic rings. The molecule has 1 aliphatic rings. The van der Waals surface area contributed by atoms with Crippen molar-refractivity contribution in [3.63, 3.8) is 0 Å². The second-order valence-electron chi connectivity index (χ2n) is 2.97. The lowest BCUT2D eigenvalue weighted by molar-refractivity contribution is 0.0969. The van der Waals surface area contributed by atoms with Crippen LogP contribution in [0.4, 0.5) is 0 Å². The first-order valence-corrected chi connectivity index (χ1v) is 4.05. The largest absolute Gasteiger partial charge is 0.268 e. The van der Waals surface area contributed by atoms with Crippen molar-refractivity contribution in [3.8, 4) is 11.4 Å². The molecule has 0 radical (unpaired) electrons. The third-order valence-corrected chi connectivity index (χ3v) is 2.26. The van der Waals surface area contributed by atoms with E-state index in [4.69, 9.17) is 0 Å².